The number of benzene rings is 9. The summed E-state index contributed by atoms with van der Waals surface area (Å²) in [5.41, 5.74) is -8.34. The van der Waals surface area contributed by atoms with E-state index in [4.69, 9.17) is 29.4 Å². The van der Waals surface area contributed by atoms with Crippen LogP contribution < -0.4 is 4.90 Å². The molecule has 0 fully saturated rings. The average Bonchev–Trinajstić information content (AvgIpc) is 1.62. The summed E-state index contributed by atoms with van der Waals surface area (Å²) in [7, 11) is 0. The number of hydrogen-bond acceptors (Lipinski definition) is 3. The first-order chi connectivity index (χ1) is 39.8. The van der Waals surface area contributed by atoms with Gasteiger partial charge < -0.3 is 18.3 Å². The van der Waals surface area contributed by atoms with Crippen molar-refractivity contribution in [1.82, 2.24) is 4.57 Å². The number of fused-ring (bicyclic) bond motifs is 11. The molecule has 0 saturated heterocycles. The number of furan rings is 2. The van der Waals surface area contributed by atoms with Gasteiger partial charge in [0, 0.05) is 43.4 Å². The van der Waals surface area contributed by atoms with E-state index in [1.165, 1.54) is 0 Å². The molecule has 0 saturated carbocycles. The monoisotopic (exact) mass is 745 g/mol. The van der Waals surface area contributed by atoms with E-state index >= 15 is 0 Å². The molecule has 0 spiro atoms. The first kappa shape index (κ1) is 13.9. The lowest BCUT2D eigenvalue weighted by Crippen LogP contribution is -2.11. The van der Waals surface area contributed by atoms with Crippen LogP contribution in [0.1, 0.15) is 39.8 Å². The second-order valence-corrected chi connectivity index (χ2v) is 12.2. The van der Waals surface area contributed by atoms with E-state index in [0.29, 0.717) is 4.90 Å². The number of rotatable bonds is 5. The fraction of sp³-hybridized carbons (Fsp3) is 0. The molecule has 4 nitrogen and oxygen atoms in total. The minimum Gasteiger partial charge on any atom is -0.455 e. The number of anilines is 3. The molecular weight excluding hydrogens is 685 g/mol. The number of aromatic nitrogens is 1. The standard InChI is InChI=1S/C52H32N2O2/c1-2-14-33(15-3-1)34-28-30-35(31-29-34)53(46-25-12-21-41-39-19-8-11-26-48(39)55-52(41)46)47-32-42-50-45(24-13-27-49(50)56-51(42)40-20-5-4-18-38(40)47)54-43-22-9-6-16-36(43)37-17-7-10-23-44(37)54/h1-32H/i2D,3D,4D,5D,6D,7D,8D,9D,10D,11D,12D,13D,14D,16D,17D,18D,19D,20D,21D,22D,23D,24D,25D,26D,27D,28D,30D,31D,32D. The van der Waals surface area contributed by atoms with Gasteiger partial charge in [-0.05, 0) is 65.5 Å². The first-order valence-electron chi connectivity index (χ1n) is 31.1. The van der Waals surface area contributed by atoms with Crippen LogP contribution in [0.2, 0.25) is 0 Å². The largest absolute Gasteiger partial charge is 0.455 e. The zero-order chi connectivity index (χ0) is 62.0. The Morgan fingerprint density at radius 3 is 1.91 bits per heavy atom. The molecular formula is C52H32N2O2. The Hall–Kier alpha value is -7.56. The second-order valence-electron chi connectivity index (χ2n) is 12.2. The predicted octanol–water partition coefficient (Wildman–Crippen LogP) is 14.9. The predicted molar refractivity (Wildman–Crippen MR) is 233 cm³/mol. The molecule has 0 amide bonds. The van der Waals surface area contributed by atoms with Crippen molar-refractivity contribution in [2.45, 2.75) is 0 Å². The Morgan fingerprint density at radius 1 is 0.429 bits per heavy atom. The fourth-order valence-electron chi connectivity index (χ4n) is 6.95. The van der Waals surface area contributed by atoms with Crippen LogP contribution in [-0.4, -0.2) is 4.57 Å². The van der Waals surface area contributed by atoms with Gasteiger partial charge in [-0.1, -0.05) is 139 Å². The summed E-state index contributed by atoms with van der Waals surface area (Å²) in [6.07, 6.45) is 0. The molecule has 0 aliphatic heterocycles. The maximum Gasteiger partial charge on any atom is 0.159 e. The SMILES string of the molecule is [2H]c1cc([2H])c([2H])c(-c2cc([2H])c(N(c3c([2H])c([2H])c([2H])c4c3oc3c([2H])c([2H])c([2H])c([2H])c34)c3c([2H])c4c(oc5c([2H])c([2H])c([2H])c(-n6c7c([2H])c([2H])c([2H])c([2H])c7c7c([2H])c([2H])c([2H])c([2H])c76)c54)c4c([2H])c([2H])c([2H])c([2H])c34)c([2H])c2[2H])c1. The van der Waals surface area contributed by atoms with Crippen molar-refractivity contribution >= 4 is 93.5 Å². The summed E-state index contributed by atoms with van der Waals surface area (Å²) in [4.78, 5) is 0.629. The average molecular weight is 746 g/mol. The normalized spacial score (nSPS) is 19.2. The molecule has 12 rings (SSSR count). The van der Waals surface area contributed by atoms with Gasteiger partial charge in [0.1, 0.15) is 16.7 Å². The van der Waals surface area contributed by atoms with Crippen molar-refractivity contribution in [3.05, 3.63) is 193 Å². The molecule has 12 aromatic rings. The maximum absolute atomic E-state index is 10.6. The van der Waals surface area contributed by atoms with Gasteiger partial charge >= 0.3 is 0 Å². The Bertz CT molecular complexity index is 5120. The number of para-hydroxylation sites is 4. The second kappa shape index (κ2) is 12.0. The Morgan fingerprint density at radius 2 is 1.07 bits per heavy atom. The molecule has 9 aromatic carbocycles. The topological polar surface area (TPSA) is 34.5 Å². The lowest BCUT2D eigenvalue weighted by Gasteiger charge is -2.27. The van der Waals surface area contributed by atoms with Gasteiger partial charge in [0.05, 0.1) is 73.2 Å². The van der Waals surface area contributed by atoms with Gasteiger partial charge in [-0.3, -0.25) is 0 Å². The Labute approximate surface area is 362 Å². The first-order valence-corrected chi connectivity index (χ1v) is 16.6. The highest BCUT2D eigenvalue weighted by molar-refractivity contribution is 6.23. The van der Waals surface area contributed by atoms with Gasteiger partial charge in [0.15, 0.2) is 5.58 Å². The van der Waals surface area contributed by atoms with E-state index in [0.717, 1.165) is 22.8 Å². The molecule has 56 heavy (non-hydrogen) atoms. The van der Waals surface area contributed by atoms with Crippen molar-refractivity contribution in [3.63, 3.8) is 0 Å². The summed E-state index contributed by atoms with van der Waals surface area (Å²) in [5.74, 6) is 0. The van der Waals surface area contributed by atoms with Crippen LogP contribution in [0, 0.1) is 0 Å². The van der Waals surface area contributed by atoms with Gasteiger partial charge in [-0.15, -0.1) is 0 Å². The van der Waals surface area contributed by atoms with Gasteiger partial charge in [-0.25, -0.2) is 0 Å². The van der Waals surface area contributed by atoms with Crippen LogP contribution in [0.5, 0.6) is 0 Å². The van der Waals surface area contributed by atoms with Gasteiger partial charge in [-0.2, -0.15) is 0 Å². The Kier molecular flexibility index (Phi) is 2.98. The lowest BCUT2D eigenvalue weighted by molar-refractivity contribution is 0.669. The lowest BCUT2D eigenvalue weighted by atomic mass is 10.0. The van der Waals surface area contributed by atoms with Crippen LogP contribution in [0.15, 0.2) is 202 Å². The van der Waals surface area contributed by atoms with Crippen LogP contribution in [-0.2, 0) is 0 Å². The summed E-state index contributed by atoms with van der Waals surface area (Å²) in [5, 5.41) is -5.01. The highest BCUT2D eigenvalue weighted by Crippen LogP contribution is 2.48. The number of hydrogen-bond donors (Lipinski definition) is 0. The van der Waals surface area contributed by atoms with Crippen molar-refractivity contribution < 1.29 is 48.6 Å². The minimum atomic E-state index is -1.09. The highest BCUT2D eigenvalue weighted by Gasteiger charge is 2.25. The van der Waals surface area contributed by atoms with E-state index in [1.54, 1.807) is 0 Å². The molecule has 3 aromatic heterocycles. The summed E-state index contributed by atoms with van der Waals surface area (Å²) in [6.45, 7) is 0. The van der Waals surface area contributed by atoms with Crippen LogP contribution >= 0.6 is 0 Å². The molecule has 0 aliphatic rings. The van der Waals surface area contributed by atoms with E-state index in [1.807, 2.05) is 0 Å². The minimum absolute atomic E-state index is 0.288. The van der Waals surface area contributed by atoms with Crippen molar-refractivity contribution in [2.24, 2.45) is 0 Å². The summed E-state index contributed by atoms with van der Waals surface area (Å²) >= 11 is 0. The molecule has 3 heterocycles. The molecule has 4 heteroatoms. The van der Waals surface area contributed by atoms with Gasteiger partial charge in [0.25, 0.3) is 0 Å². The maximum atomic E-state index is 10.6. The molecule has 0 atom stereocenters. The van der Waals surface area contributed by atoms with Crippen molar-refractivity contribution in [1.29, 1.82) is 0 Å². The highest BCUT2D eigenvalue weighted by atomic mass is 16.3. The third-order valence-corrected chi connectivity index (χ3v) is 9.29. The molecule has 0 radical (unpaired) electrons. The van der Waals surface area contributed by atoms with Gasteiger partial charge in [0.2, 0.25) is 0 Å². The number of nitrogens with zero attached hydrogens (tertiary/aromatic N) is 2. The molecule has 0 unspecified atom stereocenters. The molecule has 262 valence electrons. The molecule has 0 N–H and O–H groups in total. The fourth-order valence-corrected chi connectivity index (χ4v) is 6.95. The van der Waals surface area contributed by atoms with E-state index in [-0.39, 0.29) is 11.6 Å². The van der Waals surface area contributed by atoms with Crippen LogP contribution in [0.3, 0.4) is 0 Å². The van der Waals surface area contributed by atoms with Crippen molar-refractivity contribution in [2.75, 3.05) is 4.90 Å². The van der Waals surface area contributed by atoms with Crippen molar-refractivity contribution in [3.8, 4) is 16.8 Å². The molecule has 0 bridgehead atoms. The van der Waals surface area contributed by atoms with E-state index in [2.05, 4.69) is 0 Å². The third kappa shape index (κ3) is 4.47. The summed E-state index contributed by atoms with van der Waals surface area (Å²) < 4.78 is 279. The van der Waals surface area contributed by atoms with E-state index < -0.39 is 274 Å². The smallest absolute Gasteiger partial charge is 0.159 e. The molecule has 0 aliphatic carbocycles. The Balaban J connectivity index is 1.39. The third-order valence-electron chi connectivity index (χ3n) is 9.29. The zero-order valence-electron chi connectivity index (χ0n) is 56.9. The zero-order valence-corrected chi connectivity index (χ0v) is 27.9. The van der Waals surface area contributed by atoms with Crippen LogP contribution in [0.4, 0.5) is 17.1 Å². The summed E-state index contributed by atoms with van der Waals surface area (Å²) in [6, 6.07) is -22.4. The quantitative estimate of drug-likeness (QED) is 0.176. The van der Waals surface area contributed by atoms with E-state index in [9.17, 15) is 19.2 Å². The van der Waals surface area contributed by atoms with Crippen LogP contribution in [0.25, 0.3) is 93.3 Å².